The van der Waals surface area contributed by atoms with Gasteiger partial charge in [-0.3, -0.25) is 4.90 Å². The maximum absolute atomic E-state index is 12.3. The Bertz CT molecular complexity index is 494. The summed E-state index contributed by atoms with van der Waals surface area (Å²) in [4.78, 5) is 13.6. The smallest absolute Gasteiger partial charge is 0.315 e. The number of piperidine rings is 1. The Morgan fingerprint density at radius 2 is 1.92 bits per heavy atom. The third-order valence-electron chi connectivity index (χ3n) is 4.13. The summed E-state index contributed by atoms with van der Waals surface area (Å²) in [5.74, 6) is 0. The molecule has 0 radical (unpaired) electrons. The van der Waals surface area contributed by atoms with E-state index < -0.39 is 12.5 Å². The normalized spacial score (nSPS) is 17.7. The quantitative estimate of drug-likeness (QED) is 0.706. The Kier molecular flexibility index (Phi) is 7.39. The predicted octanol–water partition coefficient (Wildman–Crippen LogP) is 1.62. The van der Waals surface area contributed by atoms with Crippen LogP contribution in [-0.2, 0) is 6.42 Å². The predicted molar refractivity (Wildman–Crippen MR) is 88.2 cm³/mol. The number of hydrogen-bond acceptors (Lipinski definition) is 3. The van der Waals surface area contributed by atoms with E-state index in [4.69, 9.17) is 0 Å². The lowest BCUT2D eigenvalue weighted by atomic mass is 10.1. The van der Waals surface area contributed by atoms with Crippen LogP contribution in [0, 0.1) is 0 Å². The largest absolute Gasteiger partial charge is 0.391 e. The number of aliphatic hydroxyl groups excluding tert-OH is 1. The minimum absolute atomic E-state index is 0.00908. The van der Waals surface area contributed by atoms with Crippen LogP contribution in [0.25, 0.3) is 0 Å². The van der Waals surface area contributed by atoms with Crippen molar-refractivity contribution in [2.45, 2.75) is 37.8 Å². The maximum Gasteiger partial charge on any atom is 0.315 e. The molecule has 1 fully saturated rings. The molecule has 5 nitrogen and oxygen atoms in total. The van der Waals surface area contributed by atoms with Crippen LogP contribution in [0.5, 0.6) is 0 Å². The third-order valence-corrected chi connectivity index (χ3v) is 4.13. The van der Waals surface area contributed by atoms with Gasteiger partial charge in [-0.15, -0.1) is 0 Å². The second kappa shape index (κ2) is 9.54. The number of amides is 2. The number of aliphatic hydroxyl groups is 1. The van der Waals surface area contributed by atoms with E-state index in [0.717, 1.165) is 5.56 Å². The minimum Gasteiger partial charge on any atom is -0.391 e. The number of rotatable bonds is 7. The second-order valence-corrected chi connectivity index (χ2v) is 6.16. The lowest BCUT2D eigenvalue weighted by molar-refractivity contribution is 0.0736. The van der Waals surface area contributed by atoms with Gasteiger partial charge in [0.2, 0.25) is 0 Å². The van der Waals surface area contributed by atoms with E-state index in [2.05, 4.69) is 10.6 Å². The summed E-state index contributed by atoms with van der Waals surface area (Å²) in [7, 11) is 0. The molecule has 1 unspecified atom stereocenters. The van der Waals surface area contributed by atoms with Gasteiger partial charge in [0.25, 0.3) is 6.43 Å². The third kappa shape index (κ3) is 6.80. The number of benzene rings is 1. The van der Waals surface area contributed by atoms with Crippen molar-refractivity contribution in [3.05, 3.63) is 35.9 Å². The molecule has 1 heterocycles. The molecule has 1 atom stereocenters. The molecule has 2 rings (SSSR count). The SMILES string of the molecule is O=C(NCC(O)Cc1ccccc1)NC1CCN(CC(F)F)CC1. The number of likely N-dealkylation sites (tertiary alicyclic amines) is 1. The zero-order valence-corrected chi connectivity index (χ0v) is 13.6. The molecule has 24 heavy (non-hydrogen) atoms. The first-order chi connectivity index (χ1) is 11.5. The summed E-state index contributed by atoms with van der Waals surface area (Å²) in [5.41, 5.74) is 1.01. The average Bonchev–Trinajstić information content (AvgIpc) is 2.55. The Labute approximate surface area is 141 Å². The maximum atomic E-state index is 12.3. The van der Waals surface area contributed by atoms with Crippen molar-refractivity contribution in [1.29, 1.82) is 0 Å². The Hall–Kier alpha value is -1.73. The summed E-state index contributed by atoms with van der Waals surface area (Å²) < 4.78 is 24.6. The molecule has 1 aromatic rings. The fraction of sp³-hybridized carbons (Fsp3) is 0.588. The van der Waals surface area contributed by atoms with Gasteiger partial charge in [-0.25, -0.2) is 13.6 Å². The second-order valence-electron chi connectivity index (χ2n) is 6.16. The number of nitrogens with zero attached hydrogens (tertiary/aromatic N) is 1. The van der Waals surface area contributed by atoms with Gasteiger partial charge in [-0.05, 0) is 18.4 Å². The van der Waals surface area contributed by atoms with Crippen molar-refractivity contribution < 1.29 is 18.7 Å². The number of carbonyl (C=O) groups excluding carboxylic acids is 1. The van der Waals surface area contributed by atoms with Crippen molar-refractivity contribution in [3.8, 4) is 0 Å². The standard InChI is InChI=1S/C17H25F2N3O2/c18-16(19)12-22-8-6-14(7-9-22)21-17(24)20-11-15(23)10-13-4-2-1-3-5-13/h1-5,14-16,23H,6-12H2,(H2,20,21,24). The van der Waals surface area contributed by atoms with Crippen molar-refractivity contribution in [2.24, 2.45) is 0 Å². The van der Waals surface area contributed by atoms with Crippen LogP contribution in [0.4, 0.5) is 13.6 Å². The Morgan fingerprint density at radius 1 is 1.25 bits per heavy atom. The van der Waals surface area contributed by atoms with Crippen LogP contribution >= 0.6 is 0 Å². The Balaban J connectivity index is 1.61. The van der Waals surface area contributed by atoms with Gasteiger partial charge < -0.3 is 15.7 Å². The van der Waals surface area contributed by atoms with E-state index in [1.54, 1.807) is 4.90 Å². The van der Waals surface area contributed by atoms with Crippen LogP contribution in [-0.4, -0.2) is 60.8 Å². The summed E-state index contributed by atoms with van der Waals surface area (Å²) in [6, 6.07) is 9.24. The van der Waals surface area contributed by atoms with Crippen molar-refractivity contribution in [2.75, 3.05) is 26.2 Å². The van der Waals surface area contributed by atoms with E-state index in [-0.39, 0.29) is 25.2 Å². The van der Waals surface area contributed by atoms with Crippen LogP contribution in [0.1, 0.15) is 18.4 Å². The Morgan fingerprint density at radius 3 is 2.54 bits per heavy atom. The van der Waals surface area contributed by atoms with Crippen molar-refractivity contribution in [3.63, 3.8) is 0 Å². The summed E-state index contributed by atoms with van der Waals surface area (Å²) in [5, 5.41) is 15.5. The zero-order chi connectivity index (χ0) is 17.4. The van der Waals surface area contributed by atoms with Gasteiger partial charge in [0.1, 0.15) is 0 Å². The first-order valence-electron chi connectivity index (χ1n) is 8.30. The molecule has 7 heteroatoms. The highest BCUT2D eigenvalue weighted by Gasteiger charge is 2.22. The van der Waals surface area contributed by atoms with Gasteiger partial charge in [-0.2, -0.15) is 0 Å². The number of urea groups is 1. The number of alkyl halides is 2. The number of halogens is 2. The topological polar surface area (TPSA) is 64.6 Å². The van der Waals surface area contributed by atoms with Crippen molar-refractivity contribution >= 4 is 6.03 Å². The summed E-state index contributed by atoms with van der Waals surface area (Å²) >= 11 is 0. The molecule has 1 saturated heterocycles. The molecule has 1 aliphatic heterocycles. The lowest BCUT2D eigenvalue weighted by Crippen LogP contribution is -2.49. The van der Waals surface area contributed by atoms with Crippen LogP contribution < -0.4 is 10.6 Å². The molecule has 134 valence electrons. The minimum atomic E-state index is -2.32. The zero-order valence-electron chi connectivity index (χ0n) is 13.6. The van der Waals surface area contributed by atoms with E-state index in [1.165, 1.54) is 0 Å². The highest BCUT2D eigenvalue weighted by atomic mass is 19.3. The molecular weight excluding hydrogens is 316 g/mol. The fourth-order valence-corrected chi connectivity index (χ4v) is 2.86. The molecule has 0 aliphatic carbocycles. The summed E-state index contributed by atoms with van der Waals surface area (Å²) in [6.45, 7) is 1.09. The average molecular weight is 341 g/mol. The highest BCUT2D eigenvalue weighted by Crippen LogP contribution is 2.11. The van der Waals surface area contributed by atoms with Gasteiger partial charge in [0.15, 0.2) is 0 Å². The fourth-order valence-electron chi connectivity index (χ4n) is 2.86. The molecule has 0 spiro atoms. The highest BCUT2D eigenvalue weighted by molar-refractivity contribution is 5.74. The van der Waals surface area contributed by atoms with E-state index in [1.807, 2.05) is 30.3 Å². The monoisotopic (exact) mass is 341 g/mol. The van der Waals surface area contributed by atoms with Crippen molar-refractivity contribution in [1.82, 2.24) is 15.5 Å². The molecule has 0 saturated carbocycles. The molecule has 2 amide bonds. The first-order valence-corrected chi connectivity index (χ1v) is 8.30. The van der Waals surface area contributed by atoms with E-state index in [9.17, 15) is 18.7 Å². The van der Waals surface area contributed by atoms with Crippen LogP contribution in [0.3, 0.4) is 0 Å². The van der Waals surface area contributed by atoms with Gasteiger partial charge >= 0.3 is 6.03 Å². The number of nitrogens with one attached hydrogen (secondary N) is 2. The van der Waals surface area contributed by atoms with Gasteiger partial charge in [0.05, 0.1) is 12.6 Å². The van der Waals surface area contributed by atoms with E-state index in [0.29, 0.717) is 32.4 Å². The molecule has 1 aliphatic rings. The molecule has 0 bridgehead atoms. The number of carbonyl (C=O) groups is 1. The molecular formula is C17H25F2N3O2. The first kappa shape index (κ1) is 18.6. The van der Waals surface area contributed by atoms with E-state index >= 15 is 0 Å². The van der Waals surface area contributed by atoms with Crippen LogP contribution in [0.2, 0.25) is 0 Å². The van der Waals surface area contributed by atoms with Gasteiger partial charge in [0, 0.05) is 32.1 Å². The molecule has 3 N–H and O–H groups in total. The molecule has 0 aromatic heterocycles. The number of hydrogen-bond donors (Lipinski definition) is 3. The lowest BCUT2D eigenvalue weighted by Gasteiger charge is -2.32. The summed E-state index contributed by atoms with van der Waals surface area (Å²) in [6.07, 6.45) is -1.16. The molecule has 1 aromatic carbocycles. The van der Waals surface area contributed by atoms with Crippen LogP contribution in [0.15, 0.2) is 30.3 Å². The van der Waals surface area contributed by atoms with Gasteiger partial charge in [-0.1, -0.05) is 30.3 Å².